The normalized spacial score (nSPS) is 15.3. The van der Waals surface area contributed by atoms with Gasteiger partial charge in [-0.1, -0.05) is 24.3 Å². The van der Waals surface area contributed by atoms with Crippen LogP contribution < -0.4 is 4.74 Å². The molecule has 126 valence electrons. The van der Waals surface area contributed by atoms with Crippen molar-refractivity contribution in [3.8, 4) is 11.5 Å². The molecule has 2 aromatic carbocycles. The second-order valence-electron chi connectivity index (χ2n) is 5.97. The maximum atomic E-state index is 13.5. The SMILES string of the molecule is O=C(COc1ccccc1F)N1CCC(c2ccc(O)cc2)CC1. The fourth-order valence-corrected chi connectivity index (χ4v) is 3.00. The zero-order valence-electron chi connectivity index (χ0n) is 13.3. The van der Waals surface area contributed by atoms with Gasteiger partial charge in [0.15, 0.2) is 18.2 Å². The molecule has 5 heteroatoms. The van der Waals surface area contributed by atoms with Crippen LogP contribution in [0.4, 0.5) is 4.39 Å². The lowest BCUT2D eigenvalue weighted by Crippen LogP contribution is -2.40. The van der Waals surface area contributed by atoms with E-state index in [0.29, 0.717) is 19.0 Å². The molecule has 0 atom stereocenters. The molecule has 0 saturated carbocycles. The Bertz CT molecular complexity index is 694. The number of benzene rings is 2. The van der Waals surface area contributed by atoms with Crippen molar-refractivity contribution < 1.29 is 19.0 Å². The van der Waals surface area contributed by atoms with Gasteiger partial charge in [0.1, 0.15) is 5.75 Å². The van der Waals surface area contributed by atoms with Crippen LogP contribution in [0.2, 0.25) is 0 Å². The highest BCUT2D eigenvalue weighted by Crippen LogP contribution is 2.29. The minimum Gasteiger partial charge on any atom is -0.508 e. The molecule has 1 heterocycles. The Morgan fingerprint density at radius 1 is 1.12 bits per heavy atom. The van der Waals surface area contributed by atoms with Crippen LogP contribution in [0.25, 0.3) is 0 Å². The largest absolute Gasteiger partial charge is 0.508 e. The summed E-state index contributed by atoms with van der Waals surface area (Å²) in [7, 11) is 0. The Morgan fingerprint density at radius 2 is 1.79 bits per heavy atom. The fraction of sp³-hybridized carbons (Fsp3) is 0.316. The molecule has 24 heavy (non-hydrogen) atoms. The Kier molecular flexibility index (Phi) is 4.99. The average molecular weight is 329 g/mol. The number of halogens is 1. The number of phenols is 1. The summed E-state index contributed by atoms with van der Waals surface area (Å²) < 4.78 is 18.8. The van der Waals surface area contributed by atoms with E-state index in [2.05, 4.69) is 0 Å². The van der Waals surface area contributed by atoms with Crippen LogP contribution in [0.3, 0.4) is 0 Å². The molecule has 1 aliphatic rings. The molecule has 0 aromatic heterocycles. The lowest BCUT2D eigenvalue weighted by Gasteiger charge is -2.32. The summed E-state index contributed by atoms with van der Waals surface area (Å²) in [5.41, 5.74) is 1.18. The molecular weight excluding hydrogens is 309 g/mol. The molecule has 4 nitrogen and oxygen atoms in total. The van der Waals surface area contributed by atoms with E-state index in [0.717, 1.165) is 12.8 Å². The number of aromatic hydroxyl groups is 1. The molecule has 0 unspecified atom stereocenters. The Labute approximate surface area is 140 Å². The van der Waals surface area contributed by atoms with Gasteiger partial charge in [0.2, 0.25) is 0 Å². The van der Waals surface area contributed by atoms with Crippen LogP contribution in [-0.2, 0) is 4.79 Å². The number of piperidine rings is 1. The van der Waals surface area contributed by atoms with E-state index in [4.69, 9.17) is 4.74 Å². The van der Waals surface area contributed by atoms with Crippen LogP contribution >= 0.6 is 0 Å². The van der Waals surface area contributed by atoms with Gasteiger partial charge in [0.05, 0.1) is 0 Å². The Morgan fingerprint density at radius 3 is 2.46 bits per heavy atom. The smallest absolute Gasteiger partial charge is 0.260 e. The molecular formula is C19H20FNO3. The van der Waals surface area contributed by atoms with Crippen LogP contribution in [0, 0.1) is 5.82 Å². The van der Waals surface area contributed by atoms with Gasteiger partial charge >= 0.3 is 0 Å². The van der Waals surface area contributed by atoms with Gasteiger partial charge in [-0.2, -0.15) is 0 Å². The van der Waals surface area contributed by atoms with Crippen molar-refractivity contribution in [2.45, 2.75) is 18.8 Å². The van der Waals surface area contributed by atoms with E-state index in [-0.39, 0.29) is 24.0 Å². The third kappa shape index (κ3) is 3.85. The van der Waals surface area contributed by atoms with Gasteiger partial charge < -0.3 is 14.7 Å². The van der Waals surface area contributed by atoms with Crippen molar-refractivity contribution in [1.82, 2.24) is 4.90 Å². The zero-order valence-corrected chi connectivity index (χ0v) is 13.3. The van der Waals surface area contributed by atoms with Crippen molar-refractivity contribution in [2.75, 3.05) is 19.7 Å². The number of likely N-dealkylation sites (tertiary alicyclic amines) is 1. The molecule has 1 saturated heterocycles. The number of ether oxygens (including phenoxy) is 1. The maximum Gasteiger partial charge on any atom is 0.260 e. The third-order valence-electron chi connectivity index (χ3n) is 4.40. The van der Waals surface area contributed by atoms with Crippen LogP contribution in [-0.4, -0.2) is 35.6 Å². The molecule has 2 aromatic rings. The first-order valence-corrected chi connectivity index (χ1v) is 8.07. The second-order valence-corrected chi connectivity index (χ2v) is 5.97. The van der Waals surface area contributed by atoms with Crippen LogP contribution in [0.1, 0.15) is 24.3 Å². The number of carbonyl (C=O) groups excluding carboxylic acids is 1. The predicted molar refractivity (Wildman–Crippen MR) is 88.6 cm³/mol. The standard InChI is InChI=1S/C19H20FNO3/c20-17-3-1-2-4-18(17)24-13-19(23)21-11-9-15(10-12-21)14-5-7-16(22)8-6-14/h1-8,15,22H,9-13H2. The first kappa shape index (κ1) is 16.3. The highest BCUT2D eigenvalue weighted by Gasteiger charge is 2.24. The van der Waals surface area contributed by atoms with Gasteiger partial charge in [-0.15, -0.1) is 0 Å². The molecule has 0 bridgehead atoms. The molecule has 0 radical (unpaired) electrons. The predicted octanol–water partition coefficient (Wildman–Crippen LogP) is 3.32. The number of nitrogens with zero attached hydrogens (tertiary/aromatic N) is 1. The van der Waals surface area contributed by atoms with Gasteiger partial charge in [-0.3, -0.25) is 4.79 Å². The first-order valence-electron chi connectivity index (χ1n) is 8.07. The summed E-state index contributed by atoms with van der Waals surface area (Å²) in [6, 6.07) is 13.3. The van der Waals surface area contributed by atoms with Crippen LogP contribution in [0.15, 0.2) is 48.5 Å². The minimum atomic E-state index is -0.462. The summed E-state index contributed by atoms with van der Waals surface area (Å²) >= 11 is 0. The van der Waals surface area contributed by atoms with Gasteiger partial charge in [0.25, 0.3) is 5.91 Å². The summed E-state index contributed by atoms with van der Waals surface area (Å²) in [4.78, 5) is 14.0. The Hall–Kier alpha value is -2.56. The first-order chi connectivity index (χ1) is 11.6. The zero-order chi connectivity index (χ0) is 16.9. The number of hydrogen-bond donors (Lipinski definition) is 1. The number of para-hydroxylation sites is 1. The average Bonchev–Trinajstić information content (AvgIpc) is 2.62. The summed E-state index contributed by atoms with van der Waals surface area (Å²) in [6.45, 7) is 1.17. The molecule has 1 amide bonds. The van der Waals surface area contributed by atoms with Crippen molar-refractivity contribution in [1.29, 1.82) is 0 Å². The topological polar surface area (TPSA) is 49.8 Å². The molecule has 0 spiro atoms. The lowest BCUT2D eigenvalue weighted by molar-refractivity contribution is -0.134. The number of phenolic OH excluding ortho intramolecular Hbond substituents is 1. The Balaban J connectivity index is 1.50. The van der Waals surface area contributed by atoms with Gasteiger partial charge in [-0.25, -0.2) is 4.39 Å². The van der Waals surface area contributed by atoms with E-state index >= 15 is 0 Å². The van der Waals surface area contributed by atoms with Gasteiger partial charge in [0, 0.05) is 13.1 Å². The maximum absolute atomic E-state index is 13.5. The molecule has 1 aliphatic heterocycles. The van der Waals surface area contributed by atoms with Gasteiger partial charge in [-0.05, 0) is 48.6 Å². The number of amides is 1. The summed E-state index contributed by atoms with van der Waals surface area (Å²) in [6.07, 6.45) is 1.74. The van der Waals surface area contributed by atoms with E-state index in [1.165, 1.54) is 17.7 Å². The lowest BCUT2D eigenvalue weighted by atomic mass is 9.89. The quantitative estimate of drug-likeness (QED) is 0.936. The highest BCUT2D eigenvalue weighted by atomic mass is 19.1. The number of rotatable bonds is 4. The molecule has 1 N–H and O–H groups in total. The van der Waals surface area contributed by atoms with Crippen molar-refractivity contribution in [3.63, 3.8) is 0 Å². The monoisotopic (exact) mass is 329 g/mol. The van der Waals surface area contributed by atoms with Crippen molar-refractivity contribution >= 4 is 5.91 Å². The fourth-order valence-electron chi connectivity index (χ4n) is 3.00. The molecule has 0 aliphatic carbocycles. The van der Waals surface area contributed by atoms with Crippen molar-refractivity contribution in [2.24, 2.45) is 0 Å². The molecule has 3 rings (SSSR count). The number of hydrogen-bond acceptors (Lipinski definition) is 3. The highest BCUT2D eigenvalue weighted by molar-refractivity contribution is 5.77. The van der Waals surface area contributed by atoms with E-state index in [9.17, 15) is 14.3 Å². The van der Waals surface area contributed by atoms with E-state index in [1.807, 2.05) is 12.1 Å². The minimum absolute atomic E-state index is 0.102. The number of carbonyl (C=O) groups is 1. The third-order valence-corrected chi connectivity index (χ3v) is 4.40. The van der Waals surface area contributed by atoms with Crippen LogP contribution in [0.5, 0.6) is 11.5 Å². The second kappa shape index (κ2) is 7.34. The van der Waals surface area contributed by atoms with E-state index < -0.39 is 5.82 Å². The van der Waals surface area contributed by atoms with E-state index in [1.54, 1.807) is 29.2 Å². The molecule has 1 fully saturated rings. The van der Waals surface area contributed by atoms with Crippen molar-refractivity contribution in [3.05, 3.63) is 59.9 Å². The summed E-state index contributed by atoms with van der Waals surface area (Å²) in [5.74, 6) is 0.169. The summed E-state index contributed by atoms with van der Waals surface area (Å²) in [5, 5.41) is 9.35.